The minimum atomic E-state index is -1.46. The van der Waals surface area contributed by atoms with Crippen LogP contribution in [-0.2, 0) is 28.8 Å². The van der Waals surface area contributed by atoms with Crippen molar-refractivity contribution in [1.82, 2.24) is 15.5 Å². The van der Waals surface area contributed by atoms with Crippen molar-refractivity contribution >= 4 is 35.6 Å². The number of hydrogen-bond acceptors (Lipinski definition) is 8. The third-order valence-electron chi connectivity index (χ3n) is 4.66. The van der Waals surface area contributed by atoms with Crippen LogP contribution < -0.4 is 22.1 Å². The van der Waals surface area contributed by atoms with Gasteiger partial charge < -0.3 is 42.3 Å². The number of carbonyl (C=O) groups is 6. The molecule has 0 aromatic rings. The van der Waals surface area contributed by atoms with Crippen LogP contribution in [0.3, 0.4) is 0 Å². The van der Waals surface area contributed by atoms with Gasteiger partial charge in [0, 0.05) is 13.0 Å². The number of nitrogens with one attached hydrogen (secondary N) is 2. The second-order valence-electron chi connectivity index (χ2n) is 7.04. The number of likely N-dealkylation sites (tertiary alicyclic amines) is 1. The summed E-state index contributed by atoms with van der Waals surface area (Å²) in [4.78, 5) is 71.2. The number of hydrogen-bond donors (Lipinski definition) is 7. The largest absolute Gasteiger partial charge is 0.481 e. The Morgan fingerprint density at radius 2 is 1.71 bits per heavy atom. The Labute approximate surface area is 176 Å². The number of carboxylic acids is 2. The van der Waals surface area contributed by atoms with Gasteiger partial charge in [0.15, 0.2) is 0 Å². The molecule has 1 heterocycles. The molecule has 1 saturated heterocycles. The summed E-state index contributed by atoms with van der Waals surface area (Å²) < 4.78 is 0. The highest BCUT2D eigenvalue weighted by molar-refractivity contribution is 5.95. The van der Waals surface area contributed by atoms with Crippen LogP contribution in [0.5, 0.6) is 0 Å². The minimum absolute atomic E-state index is 0.115. The average Bonchev–Trinajstić information content (AvgIpc) is 3.17. The minimum Gasteiger partial charge on any atom is -0.481 e. The van der Waals surface area contributed by atoms with E-state index >= 15 is 0 Å². The summed E-state index contributed by atoms with van der Waals surface area (Å²) in [6, 6.07) is -5.30. The van der Waals surface area contributed by atoms with Crippen molar-refractivity contribution in [3.63, 3.8) is 0 Å². The number of rotatable bonds is 12. The summed E-state index contributed by atoms with van der Waals surface area (Å²) in [7, 11) is 0. The summed E-state index contributed by atoms with van der Waals surface area (Å²) in [5.74, 6) is -5.97. The van der Waals surface area contributed by atoms with Gasteiger partial charge in [-0.3, -0.25) is 24.0 Å². The van der Waals surface area contributed by atoms with Gasteiger partial charge in [-0.05, 0) is 19.3 Å². The molecular formula is C17H27N5O9. The van der Waals surface area contributed by atoms with Gasteiger partial charge in [-0.2, -0.15) is 0 Å². The fourth-order valence-corrected chi connectivity index (χ4v) is 3.07. The van der Waals surface area contributed by atoms with Crippen molar-refractivity contribution in [2.75, 3.05) is 13.2 Å². The zero-order valence-electron chi connectivity index (χ0n) is 16.7. The van der Waals surface area contributed by atoms with E-state index in [1.54, 1.807) is 0 Å². The van der Waals surface area contributed by atoms with Gasteiger partial charge in [-0.25, -0.2) is 4.79 Å². The Kier molecular flexibility index (Phi) is 9.82. The molecule has 0 saturated carbocycles. The van der Waals surface area contributed by atoms with Gasteiger partial charge >= 0.3 is 11.9 Å². The number of primary amides is 1. The van der Waals surface area contributed by atoms with Crippen LogP contribution in [0.1, 0.15) is 32.1 Å². The number of aliphatic hydroxyl groups is 1. The first-order chi connectivity index (χ1) is 14.5. The molecule has 14 nitrogen and oxygen atoms in total. The summed E-state index contributed by atoms with van der Waals surface area (Å²) in [6.45, 7) is -0.696. The molecule has 0 bridgehead atoms. The van der Waals surface area contributed by atoms with E-state index in [2.05, 4.69) is 10.6 Å². The van der Waals surface area contributed by atoms with E-state index in [4.69, 9.17) is 16.6 Å². The Bertz CT molecular complexity index is 729. The zero-order valence-corrected chi connectivity index (χ0v) is 16.7. The molecule has 4 atom stereocenters. The van der Waals surface area contributed by atoms with Crippen LogP contribution in [0, 0.1) is 0 Å². The molecule has 174 valence electrons. The van der Waals surface area contributed by atoms with Crippen LogP contribution in [0.15, 0.2) is 0 Å². The van der Waals surface area contributed by atoms with E-state index < -0.39 is 79.2 Å². The highest BCUT2D eigenvalue weighted by atomic mass is 16.4. The van der Waals surface area contributed by atoms with Crippen LogP contribution in [0.4, 0.5) is 0 Å². The Morgan fingerprint density at radius 3 is 2.23 bits per heavy atom. The van der Waals surface area contributed by atoms with Crippen molar-refractivity contribution < 1.29 is 44.1 Å². The van der Waals surface area contributed by atoms with Crippen LogP contribution in [-0.4, -0.2) is 93.1 Å². The molecule has 1 rings (SSSR count). The second-order valence-corrected chi connectivity index (χ2v) is 7.04. The van der Waals surface area contributed by atoms with E-state index in [1.165, 1.54) is 0 Å². The molecule has 4 amide bonds. The summed E-state index contributed by atoms with van der Waals surface area (Å²) >= 11 is 0. The van der Waals surface area contributed by atoms with E-state index in [0.717, 1.165) is 4.90 Å². The van der Waals surface area contributed by atoms with Crippen molar-refractivity contribution in [2.45, 2.75) is 56.3 Å². The molecule has 0 aliphatic carbocycles. The van der Waals surface area contributed by atoms with E-state index in [9.17, 15) is 39.0 Å². The molecule has 9 N–H and O–H groups in total. The van der Waals surface area contributed by atoms with Gasteiger partial charge in [0.05, 0.1) is 19.1 Å². The molecule has 1 aliphatic rings. The molecule has 1 aliphatic heterocycles. The predicted octanol–water partition coefficient (Wildman–Crippen LogP) is -3.91. The first-order valence-corrected chi connectivity index (χ1v) is 9.48. The summed E-state index contributed by atoms with van der Waals surface area (Å²) in [5.41, 5.74) is 10.5. The van der Waals surface area contributed by atoms with Crippen molar-refractivity contribution in [3.05, 3.63) is 0 Å². The molecule has 0 radical (unpaired) electrons. The van der Waals surface area contributed by atoms with Gasteiger partial charge in [0.25, 0.3) is 0 Å². The number of aliphatic carboxylic acids is 2. The highest BCUT2D eigenvalue weighted by Crippen LogP contribution is 2.19. The third kappa shape index (κ3) is 7.82. The Hall–Kier alpha value is -3.26. The Balaban J connectivity index is 2.82. The maximum Gasteiger partial charge on any atom is 0.326 e. The van der Waals surface area contributed by atoms with E-state index in [0.29, 0.717) is 6.42 Å². The fraction of sp³-hybridized carbons (Fsp3) is 0.647. The maximum atomic E-state index is 12.8. The monoisotopic (exact) mass is 445 g/mol. The smallest absolute Gasteiger partial charge is 0.326 e. The van der Waals surface area contributed by atoms with Gasteiger partial charge in [0.1, 0.15) is 18.1 Å². The molecule has 0 spiro atoms. The topological polar surface area (TPSA) is 242 Å². The lowest BCUT2D eigenvalue weighted by Gasteiger charge is -2.29. The lowest BCUT2D eigenvalue weighted by atomic mass is 10.1. The van der Waals surface area contributed by atoms with Crippen molar-refractivity contribution in [3.8, 4) is 0 Å². The first-order valence-electron chi connectivity index (χ1n) is 9.48. The Morgan fingerprint density at radius 1 is 1.06 bits per heavy atom. The summed E-state index contributed by atoms with van der Waals surface area (Å²) in [5, 5.41) is 31.8. The standard InChI is InChI=1S/C17H27N5O9/c18-8(6-12(19)24)14(27)21-10(7-23)16(29)22-5-1-2-11(22)15(28)20-9(17(30)31)3-4-13(25)26/h8-11,23H,1-7,18H2,(H2,19,24)(H,20,28)(H,21,27)(H,25,26)(H,30,31). The number of carboxylic acid groups (broad SMARTS) is 2. The number of nitrogens with zero attached hydrogens (tertiary/aromatic N) is 1. The molecular weight excluding hydrogens is 418 g/mol. The number of carbonyl (C=O) groups excluding carboxylic acids is 4. The van der Waals surface area contributed by atoms with Crippen LogP contribution >= 0.6 is 0 Å². The average molecular weight is 445 g/mol. The van der Waals surface area contributed by atoms with Gasteiger partial charge in [0.2, 0.25) is 23.6 Å². The van der Waals surface area contributed by atoms with Crippen LogP contribution in [0.2, 0.25) is 0 Å². The van der Waals surface area contributed by atoms with Crippen molar-refractivity contribution in [1.29, 1.82) is 0 Å². The maximum absolute atomic E-state index is 12.8. The lowest BCUT2D eigenvalue weighted by Crippen LogP contribution is -2.58. The van der Waals surface area contributed by atoms with E-state index in [-0.39, 0.29) is 19.4 Å². The van der Waals surface area contributed by atoms with Gasteiger partial charge in [-0.1, -0.05) is 0 Å². The molecule has 4 unspecified atom stereocenters. The molecule has 14 heteroatoms. The van der Waals surface area contributed by atoms with Crippen LogP contribution in [0.25, 0.3) is 0 Å². The van der Waals surface area contributed by atoms with Gasteiger partial charge in [-0.15, -0.1) is 0 Å². The third-order valence-corrected chi connectivity index (χ3v) is 4.66. The first kappa shape index (κ1) is 25.8. The number of nitrogens with two attached hydrogens (primary N) is 2. The number of aliphatic hydroxyl groups excluding tert-OH is 1. The molecule has 0 aromatic heterocycles. The molecule has 0 aromatic carbocycles. The predicted molar refractivity (Wildman–Crippen MR) is 102 cm³/mol. The second kappa shape index (κ2) is 11.8. The lowest BCUT2D eigenvalue weighted by molar-refractivity contribution is -0.145. The SMILES string of the molecule is NC(=O)CC(N)C(=O)NC(CO)C(=O)N1CCCC1C(=O)NC(CCC(=O)O)C(=O)O. The highest BCUT2D eigenvalue weighted by Gasteiger charge is 2.39. The number of amides is 4. The van der Waals surface area contributed by atoms with Crippen molar-refractivity contribution in [2.24, 2.45) is 11.5 Å². The normalized spacial score (nSPS) is 18.5. The van der Waals surface area contributed by atoms with E-state index in [1.807, 2.05) is 0 Å². The fourth-order valence-electron chi connectivity index (χ4n) is 3.07. The molecule has 1 fully saturated rings. The quantitative estimate of drug-likeness (QED) is 0.154. The molecule has 31 heavy (non-hydrogen) atoms. The zero-order chi connectivity index (χ0) is 23.7. The summed E-state index contributed by atoms with van der Waals surface area (Å²) in [6.07, 6.45) is -0.682.